The van der Waals surface area contributed by atoms with E-state index < -0.39 is 0 Å². The molecule has 0 aliphatic carbocycles. The highest BCUT2D eigenvalue weighted by molar-refractivity contribution is 5.81. The Hall–Kier alpha value is -2.57. The van der Waals surface area contributed by atoms with Crippen LogP contribution in [-0.4, -0.2) is 54.7 Å². The number of rotatable bonds is 6. The second-order valence-electron chi connectivity index (χ2n) is 7.88. The quantitative estimate of drug-likeness (QED) is 0.815. The average Bonchev–Trinajstić information content (AvgIpc) is 3.21. The maximum absolute atomic E-state index is 12.6. The van der Waals surface area contributed by atoms with Crippen LogP contribution in [0.25, 0.3) is 0 Å². The molecule has 2 aliphatic heterocycles. The van der Waals surface area contributed by atoms with Gasteiger partial charge in [0.2, 0.25) is 12.7 Å². The average molecular weight is 396 g/mol. The van der Waals surface area contributed by atoms with E-state index in [1.807, 2.05) is 13.0 Å². The first-order valence-corrected chi connectivity index (χ1v) is 10.3. The molecule has 6 nitrogen and oxygen atoms in total. The number of nitrogens with one attached hydrogen (secondary N) is 1. The summed E-state index contributed by atoms with van der Waals surface area (Å²) >= 11 is 0. The van der Waals surface area contributed by atoms with E-state index in [-0.39, 0.29) is 11.9 Å². The second-order valence-corrected chi connectivity index (χ2v) is 7.88. The third-order valence-corrected chi connectivity index (χ3v) is 5.76. The van der Waals surface area contributed by atoms with Crippen LogP contribution in [0, 0.1) is 6.92 Å². The van der Waals surface area contributed by atoms with Crippen LogP contribution in [0.5, 0.6) is 11.5 Å². The normalized spacial score (nSPS) is 17.9. The molecule has 154 valence electrons. The molecular weight excluding hydrogens is 366 g/mol. The smallest absolute Gasteiger partial charge is 0.237 e. The summed E-state index contributed by atoms with van der Waals surface area (Å²) in [6, 6.07) is 14.3. The van der Waals surface area contributed by atoms with E-state index in [4.69, 9.17) is 9.47 Å². The van der Waals surface area contributed by atoms with E-state index in [9.17, 15) is 4.79 Å². The summed E-state index contributed by atoms with van der Waals surface area (Å²) in [5.41, 5.74) is 3.59. The fraction of sp³-hybridized carbons (Fsp3) is 0.435. The Morgan fingerprint density at radius 3 is 2.45 bits per heavy atom. The van der Waals surface area contributed by atoms with E-state index in [1.165, 1.54) is 11.1 Å². The standard InChI is InChI=1S/C23H29N3O3/c1-17-3-5-19(6-4-17)14-24-23(27)18(2)26-11-9-25(10-12-26)15-20-7-8-21-22(13-20)29-16-28-21/h3-8,13,18H,9-12,14-16H2,1-2H3,(H,24,27)/t18-/m1/s1. The molecule has 1 fully saturated rings. The van der Waals surface area contributed by atoms with Crippen LogP contribution < -0.4 is 14.8 Å². The van der Waals surface area contributed by atoms with Gasteiger partial charge in [0, 0.05) is 39.3 Å². The Bertz CT molecular complexity index is 845. The summed E-state index contributed by atoms with van der Waals surface area (Å²) in [7, 11) is 0. The Morgan fingerprint density at radius 2 is 1.69 bits per heavy atom. The van der Waals surface area contributed by atoms with E-state index >= 15 is 0 Å². The van der Waals surface area contributed by atoms with Crippen LogP contribution in [-0.2, 0) is 17.9 Å². The Kier molecular flexibility index (Phi) is 6.02. The molecule has 2 aromatic carbocycles. The summed E-state index contributed by atoms with van der Waals surface area (Å²) in [4.78, 5) is 17.3. The lowest BCUT2D eigenvalue weighted by atomic mass is 10.1. The van der Waals surface area contributed by atoms with Crippen LogP contribution >= 0.6 is 0 Å². The number of piperazine rings is 1. The Morgan fingerprint density at radius 1 is 1.00 bits per heavy atom. The number of amides is 1. The number of fused-ring (bicyclic) bond motifs is 1. The molecule has 6 heteroatoms. The van der Waals surface area contributed by atoms with E-state index in [0.29, 0.717) is 13.3 Å². The van der Waals surface area contributed by atoms with Gasteiger partial charge in [-0.1, -0.05) is 35.9 Å². The predicted molar refractivity (Wildman–Crippen MR) is 112 cm³/mol. The van der Waals surface area contributed by atoms with Crippen molar-refractivity contribution in [3.63, 3.8) is 0 Å². The van der Waals surface area contributed by atoms with Crippen molar-refractivity contribution in [3.8, 4) is 11.5 Å². The van der Waals surface area contributed by atoms with Crippen molar-refractivity contribution in [1.29, 1.82) is 0 Å². The first-order chi connectivity index (χ1) is 14.1. The Balaban J connectivity index is 1.23. The van der Waals surface area contributed by atoms with Gasteiger partial charge in [-0.15, -0.1) is 0 Å². The molecule has 1 atom stereocenters. The van der Waals surface area contributed by atoms with Gasteiger partial charge in [-0.05, 0) is 37.1 Å². The lowest BCUT2D eigenvalue weighted by molar-refractivity contribution is -0.126. The van der Waals surface area contributed by atoms with E-state index in [0.717, 1.165) is 49.8 Å². The number of hydrogen-bond acceptors (Lipinski definition) is 5. The molecule has 0 aromatic heterocycles. The predicted octanol–water partition coefficient (Wildman–Crippen LogP) is 2.55. The highest BCUT2D eigenvalue weighted by atomic mass is 16.7. The minimum Gasteiger partial charge on any atom is -0.454 e. The van der Waals surface area contributed by atoms with Gasteiger partial charge in [0.1, 0.15) is 0 Å². The number of benzene rings is 2. The monoisotopic (exact) mass is 395 g/mol. The molecule has 29 heavy (non-hydrogen) atoms. The van der Waals surface area contributed by atoms with Crippen molar-refractivity contribution in [2.24, 2.45) is 0 Å². The highest BCUT2D eigenvalue weighted by Crippen LogP contribution is 2.32. The molecule has 0 spiro atoms. The first-order valence-electron chi connectivity index (χ1n) is 10.3. The van der Waals surface area contributed by atoms with Gasteiger partial charge in [-0.3, -0.25) is 14.6 Å². The van der Waals surface area contributed by atoms with Crippen molar-refractivity contribution in [2.75, 3.05) is 33.0 Å². The molecule has 0 unspecified atom stereocenters. The van der Waals surface area contributed by atoms with Gasteiger partial charge in [0.05, 0.1) is 6.04 Å². The SMILES string of the molecule is Cc1ccc(CNC(=O)[C@@H](C)N2CCN(Cc3ccc4c(c3)OCO4)CC2)cc1. The van der Waals surface area contributed by atoms with Crippen molar-refractivity contribution < 1.29 is 14.3 Å². The van der Waals surface area contributed by atoms with Crippen LogP contribution in [0.1, 0.15) is 23.6 Å². The van der Waals surface area contributed by atoms with Crippen molar-refractivity contribution in [2.45, 2.75) is 33.0 Å². The molecule has 1 N–H and O–H groups in total. The second kappa shape index (κ2) is 8.84. The van der Waals surface area contributed by atoms with E-state index in [1.54, 1.807) is 0 Å². The van der Waals surface area contributed by atoms with Crippen LogP contribution in [0.15, 0.2) is 42.5 Å². The topological polar surface area (TPSA) is 54.0 Å². The van der Waals surface area contributed by atoms with Gasteiger partial charge >= 0.3 is 0 Å². The fourth-order valence-corrected chi connectivity index (χ4v) is 3.81. The minimum absolute atomic E-state index is 0.0924. The maximum Gasteiger partial charge on any atom is 0.237 e. The molecule has 0 saturated carbocycles. The molecule has 4 rings (SSSR count). The summed E-state index contributed by atoms with van der Waals surface area (Å²) in [6.45, 7) is 9.52. The molecule has 2 aromatic rings. The van der Waals surface area contributed by atoms with Gasteiger partial charge in [-0.2, -0.15) is 0 Å². The molecule has 2 heterocycles. The lowest BCUT2D eigenvalue weighted by Crippen LogP contribution is -2.53. The first kappa shape index (κ1) is 19.7. The van der Waals surface area contributed by atoms with Crippen molar-refractivity contribution in [3.05, 3.63) is 59.2 Å². The van der Waals surface area contributed by atoms with Gasteiger partial charge in [0.25, 0.3) is 0 Å². The molecule has 0 bridgehead atoms. The molecule has 1 amide bonds. The number of carbonyl (C=O) groups is 1. The number of carbonyl (C=O) groups excluding carboxylic acids is 1. The summed E-state index contributed by atoms with van der Waals surface area (Å²) in [5, 5.41) is 3.07. The zero-order valence-electron chi connectivity index (χ0n) is 17.2. The summed E-state index contributed by atoms with van der Waals surface area (Å²) in [6.07, 6.45) is 0. The van der Waals surface area contributed by atoms with Gasteiger partial charge in [-0.25, -0.2) is 0 Å². The maximum atomic E-state index is 12.6. The van der Waals surface area contributed by atoms with Crippen LogP contribution in [0.3, 0.4) is 0 Å². The molecule has 1 saturated heterocycles. The van der Waals surface area contributed by atoms with Crippen molar-refractivity contribution in [1.82, 2.24) is 15.1 Å². The number of ether oxygens (including phenoxy) is 2. The number of nitrogens with zero attached hydrogens (tertiary/aromatic N) is 2. The fourth-order valence-electron chi connectivity index (χ4n) is 3.81. The summed E-state index contributed by atoms with van der Waals surface area (Å²) < 4.78 is 10.8. The lowest BCUT2D eigenvalue weighted by Gasteiger charge is -2.37. The van der Waals surface area contributed by atoms with E-state index in [2.05, 4.69) is 58.4 Å². The van der Waals surface area contributed by atoms with Gasteiger partial charge < -0.3 is 14.8 Å². The third kappa shape index (κ3) is 4.89. The zero-order valence-corrected chi connectivity index (χ0v) is 17.2. The third-order valence-electron chi connectivity index (χ3n) is 5.76. The molecule has 2 aliphatic rings. The van der Waals surface area contributed by atoms with Crippen molar-refractivity contribution >= 4 is 5.91 Å². The zero-order chi connectivity index (χ0) is 20.2. The highest BCUT2D eigenvalue weighted by Gasteiger charge is 2.25. The molecular formula is C23H29N3O3. The Labute approximate surface area is 172 Å². The number of aryl methyl sites for hydroxylation is 1. The largest absolute Gasteiger partial charge is 0.454 e. The van der Waals surface area contributed by atoms with Crippen LogP contribution in [0.2, 0.25) is 0 Å². The van der Waals surface area contributed by atoms with Gasteiger partial charge in [0.15, 0.2) is 11.5 Å². The van der Waals surface area contributed by atoms with Crippen LogP contribution in [0.4, 0.5) is 0 Å². The number of hydrogen-bond donors (Lipinski definition) is 1. The summed E-state index contributed by atoms with van der Waals surface area (Å²) in [5.74, 6) is 1.75. The minimum atomic E-state index is -0.117. The molecule has 0 radical (unpaired) electrons.